The molecule has 10 heteroatoms. The van der Waals surface area contributed by atoms with E-state index in [1.165, 1.54) is 12.1 Å². The van der Waals surface area contributed by atoms with E-state index in [9.17, 15) is 18.5 Å². The van der Waals surface area contributed by atoms with Gasteiger partial charge in [-0.05, 0) is 25.0 Å². The summed E-state index contributed by atoms with van der Waals surface area (Å²) in [5, 5.41) is 16.4. The van der Waals surface area contributed by atoms with Crippen LogP contribution in [-0.2, 0) is 10.0 Å². The number of nitro groups is 1. The van der Waals surface area contributed by atoms with Crippen molar-refractivity contribution < 1.29 is 13.3 Å². The summed E-state index contributed by atoms with van der Waals surface area (Å²) >= 11 is 0. The predicted molar refractivity (Wildman–Crippen MR) is 87.2 cm³/mol. The Hall–Kier alpha value is -2.46. The Morgan fingerprint density at radius 3 is 2.54 bits per heavy atom. The maximum Gasteiger partial charge on any atom is 0.293 e. The third-order valence-corrected chi connectivity index (χ3v) is 5.13. The van der Waals surface area contributed by atoms with Crippen LogP contribution in [0.1, 0.15) is 18.9 Å². The summed E-state index contributed by atoms with van der Waals surface area (Å²) in [6.07, 6.45) is 7.05. The summed E-state index contributed by atoms with van der Waals surface area (Å²) < 4.78 is 24.8. The lowest BCUT2D eigenvalue weighted by Crippen LogP contribution is -2.34. The van der Waals surface area contributed by atoms with Gasteiger partial charge in [0.25, 0.3) is 5.69 Å². The molecule has 1 aliphatic heterocycles. The number of hydrogen-bond donors (Lipinski definition) is 1. The van der Waals surface area contributed by atoms with Crippen LogP contribution in [0.5, 0.6) is 0 Å². The maximum absolute atomic E-state index is 11.4. The van der Waals surface area contributed by atoms with E-state index in [-0.39, 0.29) is 10.6 Å². The first-order valence-electron chi connectivity index (χ1n) is 7.40. The van der Waals surface area contributed by atoms with Crippen LogP contribution in [0.2, 0.25) is 0 Å². The zero-order valence-corrected chi connectivity index (χ0v) is 13.6. The Labute approximate surface area is 138 Å². The van der Waals surface area contributed by atoms with Gasteiger partial charge in [0.15, 0.2) is 0 Å². The number of primary sulfonamides is 1. The van der Waals surface area contributed by atoms with Gasteiger partial charge in [0.1, 0.15) is 5.69 Å². The Morgan fingerprint density at radius 1 is 1.29 bits per heavy atom. The molecule has 1 aromatic heterocycles. The molecule has 2 aromatic rings. The van der Waals surface area contributed by atoms with E-state index in [4.69, 9.17) is 5.14 Å². The lowest BCUT2D eigenvalue weighted by molar-refractivity contribution is -0.384. The summed E-state index contributed by atoms with van der Waals surface area (Å²) in [4.78, 5) is 16.4. The third kappa shape index (κ3) is 3.24. The highest BCUT2D eigenvalue weighted by Gasteiger charge is 2.27. The minimum atomic E-state index is -3.98. The molecule has 1 aliphatic rings. The topological polar surface area (TPSA) is 124 Å². The molecule has 0 amide bonds. The normalized spacial score (nSPS) is 16.3. The van der Waals surface area contributed by atoms with Gasteiger partial charge in [-0.2, -0.15) is 0 Å². The van der Waals surface area contributed by atoms with Crippen LogP contribution in [0.4, 0.5) is 11.4 Å². The molecule has 128 valence electrons. The molecule has 0 atom stereocenters. The fourth-order valence-corrected chi connectivity index (χ4v) is 3.52. The van der Waals surface area contributed by atoms with E-state index in [1.54, 1.807) is 12.5 Å². The van der Waals surface area contributed by atoms with E-state index in [0.717, 1.165) is 18.9 Å². The first-order chi connectivity index (χ1) is 11.4. The minimum Gasteiger partial charge on any atom is -0.366 e. The second-order valence-corrected chi connectivity index (χ2v) is 7.24. The molecule has 0 unspecified atom stereocenters. The number of benzene rings is 1. The lowest BCUT2D eigenvalue weighted by Gasteiger charge is -2.33. The number of anilines is 1. The van der Waals surface area contributed by atoms with Gasteiger partial charge in [-0.3, -0.25) is 10.1 Å². The number of aromatic nitrogens is 2. The average Bonchev–Trinajstić information content (AvgIpc) is 3.08. The number of piperidine rings is 1. The van der Waals surface area contributed by atoms with Crippen molar-refractivity contribution in [1.29, 1.82) is 0 Å². The van der Waals surface area contributed by atoms with Gasteiger partial charge in [0.2, 0.25) is 10.0 Å². The Kier molecular flexibility index (Phi) is 4.24. The van der Waals surface area contributed by atoms with Gasteiger partial charge in [-0.15, -0.1) is 0 Å². The molecule has 1 fully saturated rings. The minimum absolute atomic E-state index is 0.248. The fourth-order valence-electron chi connectivity index (χ4n) is 2.98. The monoisotopic (exact) mass is 351 g/mol. The molecule has 0 spiro atoms. The van der Waals surface area contributed by atoms with Crippen molar-refractivity contribution in [3.8, 4) is 0 Å². The SMILES string of the molecule is NS(=O)(=O)c1ccc(N2CCC(n3ccnc3)CC2)c([N+](=O)[O-])c1. The maximum atomic E-state index is 11.4. The van der Waals surface area contributed by atoms with Crippen LogP contribution < -0.4 is 10.0 Å². The molecule has 24 heavy (non-hydrogen) atoms. The van der Waals surface area contributed by atoms with Gasteiger partial charge in [-0.1, -0.05) is 0 Å². The first-order valence-corrected chi connectivity index (χ1v) is 8.94. The summed E-state index contributed by atoms with van der Waals surface area (Å²) in [7, 11) is -3.98. The Balaban J connectivity index is 1.84. The van der Waals surface area contributed by atoms with Gasteiger partial charge >= 0.3 is 0 Å². The molecule has 1 aromatic carbocycles. The van der Waals surface area contributed by atoms with E-state index >= 15 is 0 Å². The molecule has 2 heterocycles. The molecular formula is C14H17N5O4S. The highest BCUT2D eigenvalue weighted by atomic mass is 32.2. The molecule has 9 nitrogen and oxygen atoms in total. The number of nitro benzene ring substituents is 1. The smallest absolute Gasteiger partial charge is 0.293 e. The molecule has 2 N–H and O–H groups in total. The van der Waals surface area contributed by atoms with Crippen LogP contribution in [0.3, 0.4) is 0 Å². The van der Waals surface area contributed by atoms with E-state index in [1.807, 2.05) is 15.7 Å². The number of rotatable bonds is 4. The number of imidazole rings is 1. The zero-order chi connectivity index (χ0) is 17.3. The van der Waals surface area contributed by atoms with Crippen LogP contribution >= 0.6 is 0 Å². The molecule has 0 aliphatic carbocycles. The second kappa shape index (κ2) is 6.21. The van der Waals surface area contributed by atoms with Crippen LogP contribution in [-0.4, -0.2) is 36.0 Å². The average molecular weight is 351 g/mol. The number of sulfonamides is 1. The summed E-state index contributed by atoms with van der Waals surface area (Å²) in [6.45, 7) is 1.27. The predicted octanol–water partition coefficient (Wildman–Crippen LogP) is 1.28. The van der Waals surface area contributed by atoms with Crippen LogP contribution in [0, 0.1) is 10.1 Å². The summed E-state index contributed by atoms with van der Waals surface area (Å²) in [6, 6.07) is 4.09. The van der Waals surface area contributed by atoms with Gasteiger partial charge in [0.05, 0.1) is 16.1 Å². The number of hydrogen-bond acceptors (Lipinski definition) is 6. The molecule has 0 radical (unpaired) electrons. The fraction of sp³-hybridized carbons (Fsp3) is 0.357. The third-order valence-electron chi connectivity index (χ3n) is 4.22. The van der Waals surface area contributed by atoms with E-state index in [0.29, 0.717) is 24.8 Å². The van der Waals surface area contributed by atoms with E-state index < -0.39 is 14.9 Å². The quantitative estimate of drug-likeness (QED) is 0.653. The van der Waals surface area contributed by atoms with Crippen molar-refractivity contribution in [3.63, 3.8) is 0 Å². The highest BCUT2D eigenvalue weighted by molar-refractivity contribution is 7.89. The lowest BCUT2D eigenvalue weighted by atomic mass is 10.0. The zero-order valence-electron chi connectivity index (χ0n) is 12.8. The van der Waals surface area contributed by atoms with Gasteiger partial charge < -0.3 is 9.47 Å². The summed E-state index contributed by atoms with van der Waals surface area (Å²) in [5.74, 6) is 0. The van der Waals surface area contributed by atoms with Crippen molar-refractivity contribution in [2.75, 3.05) is 18.0 Å². The summed E-state index contributed by atoms with van der Waals surface area (Å²) in [5.41, 5.74) is 0.166. The molecule has 0 bridgehead atoms. The van der Waals surface area contributed by atoms with Crippen molar-refractivity contribution >= 4 is 21.4 Å². The Bertz CT molecular complexity index is 842. The molecular weight excluding hydrogens is 334 g/mol. The highest BCUT2D eigenvalue weighted by Crippen LogP contribution is 2.34. The van der Waals surface area contributed by atoms with Crippen molar-refractivity contribution in [2.45, 2.75) is 23.8 Å². The van der Waals surface area contributed by atoms with Crippen LogP contribution in [0.15, 0.2) is 41.8 Å². The van der Waals surface area contributed by atoms with Crippen LogP contribution in [0.25, 0.3) is 0 Å². The number of nitrogens with two attached hydrogens (primary N) is 1. The van der Waals surface area contributed by atoms with Crippen molar-refractivity contribution in [3.05, 3.63) is 47.0 Å². The van der Waals surface area contributed by atoms with E-state index in [2.05, 4.69) is 4.98 Å². The van der Waals surface area contributed by atoms with Crippen molar-refractivity contribution in [2.24, 2.45) is 5.14 Å². The Morgan fingerprint density at radius 2 is 2.00 bits per heavy atom. The molecule has 1 saturated heterocycles. The number of nitrogens with zero attached hydrogens (tertiary/aromatic N) is 4. The largest absolute Gasteiger partial charge is 0.366 e. The van der Waals surface area contributed by atoms with Gasteiger partial charge in [-0.25, -0.2) is 18.5 Å². The van der Waals surface area contributed by atoms with Crippen molar-refractivity contribution in [1.82, 2.24) is 9.55 Å². The second-order valence-electron chi connectivity index (χ2n) is 5.68. The van der Waals surface area contributed by atoms with Gasteiger partial charge in [0, 0.05) is 37.6 Å². The first kappa shape index (κ1) is 16.4. The molecule has 0 saturated carbocycles. The molecule has 3 rings (SSSR count). The standard InChI is InChI=1S/C14H17N5O4S/c15-24(22,23)12-1-2-13(14(9-12)19(20)21)17-6-3-11(4-7-17)18-8-5-16-10-18/h1-2,5,8-11H,3-4,6-7H2,(H2,15,22,23).